The lowest BCUT2D eigenvalue weighted by Crippen LogP contribution is -2.39. The molecule has 0 aliphatic carbocycles. The van der Waals surface area contributed by atoms with Crippen molar-refractivity contribution in [1.29, 1.82) is 0 Å². The average Bonchev–Trinajstić information content (AvgIpc) is 2.34. The lowest BCUT2D eigenvalue weighted by atomic mass is 9.86. The van der Waals surface area contributed by atoms with Crippen LogP contribution in [0.25, 0.3) is 0 Å². The Balaban J connectivity index is 2.95. The van der Waals surface area contributed by atoms with Gasteiger partial charge in [-0.15, -0.1) is 0 Å². The molecule has 1 N–H and O–H groups in total. The number of aldehydes is 1. The molecule has 0 heterocycles. The van der Waals surface area contributed by atoms with Gasteiger partial charge < -0.3 is 9.59 Å². The maximum atomic E-state index is 13.0. The fraction of sp³-hybridized carbons (Fsp3) is 0.562. The van der Waals surface area contributed by atoms with E-state index in [9.17, 15) is 14.0 Å². The first-order valence-corrected chi connectivity index (χ1v) is 10.0. The van der Waals surface area contributed by atoms with Crippen molar-refractivity contribution in [3.05, 3.63) is 35.6 Å². The predicted octanol–water partition coefficient (Wildman–Crippen LogP) is 4.26. The van der Waals surface area contributed by atoms with E-state index in [0.717, 1.165) is 24.7 Å². The van der Waals surface area contributed by atoms with Crippen LogP contribution in [0.5, 0.6) is 0 Å². The van der Waals surface area contributed by atoms with Crippen LogP contribution in [-0.2, 0) is 4.79 Å². The zero-order valence-electron chi connectivity index (χ0n) is 12.8. The van der Waals surface area contributed by atoms with Crippen LogP contribution in [0.1, 0.15) is 44.6 Å². The Bertz CT molecular complexity index is 435. The van der Waals surface area contributed by atoms with E-state index < -0.39 is 8.32 Å². The van der Waals surface area contributed by atoms with Crippen molar-refractivity contribution in [3.8, 4) is 0 Å². The molecular weight excluding hydrogens is 271 g/mol. The molecule has 2 nitrogen and oxygen atoms in total. The molecular formula is C16H25FO2Si. The molecule has 4 heteroatoms. The number of rotatable bonds is 7. The van der Waals surface area contributed by atoms with Gasteiger partial charge in [0.2, 0.25) is 0 Å². The van der Waals surface area contributed by atoms with E-state index in [1.165, 1.54) is 12.1 Å². The molecule has 1 rings (SSSR count). The van der Waals surface area contributed by atoms with Crippen LogP contribution in [0.2, 0.25) is 18.1 Å². The Hall–Kier alpha value is -1.00. The number of carbonyl (C=O) groups is 1. The summed E-state index contributed by atoms with van der Waals surface area (Å²) in [6.45, 7) is 8.04. The summed E-state index contributed by atoms with van der Waals surface area (Å²) in [5.41, 5.74) is 1.04. The van der Waals surface area contributed by atoms with Gasteiger partial charge in [0.05, 0.1) is 0 Å². The lowest BCUT2D eigenvalue weighted by Gasteiger charge is -2.38. The third-order valence-corrected chi connectivity index (χ3v) is 7.90. The maximum Gasteiger partial charge on any atom is 0.188 e. The van der Waals surface area contributed by atoms with Crippen LogP contribution in [0, 0.1) is 5.82 Å². The van der Waals surface area contributed by atoms with E-state index in [1.54, 1.807) is 12.1 Å². The molecule has 112 valence electrons. The highest BCUT2D eigenvalue weighted by atomic mass is 28.4. The number of hydrogen-bond donors (Lipinski definition) is 1. The first kappa shape index (κ1) is 17.0. The summed E-state index contributed by atoms with van der Waals surface area (Å²) < 4.78 is 13.0. The highest BCUT2D eigenvalue weighted by molar-refractivity contribution is 6.72. The van der Waals surface area contributed by atoms with Crippen LogP contribution in [0.3, 0.4) is 0 Å². The van der Waals surface area contributed by atoms with Crippen LogP contribution in [-0.4, -0.2) is 19.4 Å². The zero-order chi connectivity index (χ0) is 15.4. The lowest BCUT2D eigenvalue weighted by molar-refractivity contribution is -0.108. The largest absolute Gasteiger partial charge is 0.432 e. The Labute approximate surface area is 122 Å². The Kier molecular flexibility index (Phi) is 5.65. The summed E-state index contributed by atoms with van der Waals surface area (Å²) in [6, 6.07) is 6.48. The quantitative estimate of drug-likeness (QED) is 0.603. The summed E-state index contributed by atoms with van der Waals surface area (Å²) in [6.07, 6.45) is 2.96. The molecule has 20 heavy (non-hydrogen) atoms. The standard InChI is InChI=1S/C16H25FO2Si/c1-16(2,20(3,4)19)12-14(6-5-11-18)13-7-9-15(17)10-8-13/h7-11,14,19H,5-6,12H2,1-4H3/t14-/m1/s1. The molecule has 0 aliphatic heterocycles. The van der Waals surface area contributed by atoms with E-state index in [1.807, 2.05) is 13.1 Å². The second-order valence-corrected chi connectivity index (χ2v) is 11.1. The van der Waals surface area contributed by atoms with Gasteiger partial charge in [-0.3, -0.25) is 0 Å². The first-order chi connectivity index (χ1) is 9.17. The van der Waals surface area contributed by atoms with Gasteiger partial charge in [-0.25, -0.2) is 4.39 Å². The van der Waals surface area contributed by atoms with E-state index in [2.05, 4.69) is 13.8 Å². The number of halogens is 1. The molecule has 1 atom stereocenters. The third kappa shape index (κ3) is 4.53. The molecule has 1 aromatic carbocycles. The van der Waals surface area contributed by atoms with E-state index in [-0.39, 0.29) is 16.8 Å². The van der Waals surface area contributed by atoms with Crippen molar-refractivity contribution >= 4 is 14.6 Å². The van der Waals surface area contributed by atoms with Crippen molar-refractivity contribution in [2.45, 2.75) is 57.2 Å². The molecule has 0 fully saturated rings. The number of carbonyl (C=O) groups excluding carboxylic acids is 1. The zero-order valence-corrected chi connectivity index (χ0v) is 13.8. The normalized spacial score (nSPS) is 14.1. The maximum absolute atomic E-state index is 13.0. The highest BCUT2D eigenvalue weighted by Crippen LogP contribution is 2.45. The molecule has 0 bridgehead atoms. The van der Waals surface area contributed by atoms with Crippen LogP contribution in [0.4, 0.5) is 4.39 Å². The van der Waals surface area contributed by atoms with Gasteiger partial charge in [0.15, 0.2) is 8.32 Å². The smallest absolute Gasteiger partial charge is 0.188 e. The molecule has 0 aliphatic rings. The summed E-state index contributed by atoms with van der Waals surface area (Å²) in [7, 11) is -2.29. The summed E-state index contributed by atoms with van der Waals surface area (Å²) in [4.78, 5) is 21.1. The molecule has 0 saturated carbocycles. The molecule has 0 radical (unpaired) electrons. The predicted molar refractivity (Wildman–Crippen MR) is 82.8 cm³/mol. The van der Waals surface area contributed by atoms with Gasteiger partial charge >= 0.3 is 0 Å². The van der Waals surface area contributed by atoms with E-state index in [0.29, 0.717) is 6.42 Å². The summed E-state index contributed by atoms with van der Waals surface area (Å²) >= 11 is 0. The van der Waals surface area contributed by atoms with Gasteiger partial charge in [-0.2, -0.15) is 0 Å². The molecule has 1 aromatic rings. The minimum atomic E-state index is -2.29. The van der Waals surface area contributed by atoms with Gasteiger partial charge in [0.25, 0.3) is 0 Å². The third-order valence-electron chi connectivity index (χ3n) is 4.39. The molecule has 0 spiro atoms. The minimum absolute atomic E-state index is 0.158. The fourth-order valence-electron chi connectivity index (χ4n) is 2.26. The van der Waals surface area contributed by atoms with Gasteiger partial charge in [0, 0.05) is 6.42 Å². The second-order valence-electron chi connectivity index (χ2n) is 6.64. The first-order valence-electron chi connectivity index (χ1n) is 7.09. The van der Waals surface area contributed by atoms with Crippen LogP contribution < -0.4 is 0 Å². The highest BCUT2D eigenvalue weighted by Gasteiger charge is 2.39. The fourth-order valence-corrected chi connectivity index (χ4v) is 3.00. The molecule has 0 aromatic heterocycles. The Morgan fingerprint density at radius 2 is 1.85 bits per heavy atom. The molecule has 0 unspecified atom stereocenters. The van der Waals surface area contributed by atoms with Crippen LogP contribution >= 0.6 is 0 Å². The topological polar surface area (TPSA) is 37.3 Å². The van der Waals surface area contributed by atoms with Crippen molar-refractivity contribution in [3.63, 3.8) is 0 Å². The van der Waals surface area contributed by atoms with E-state index in [4.69, 9.17) is 0 Å². The summed E-state index contributed by atoms with van der Waals surface area (Å²) in [5, 5.41) is -0.158. The summed E-state index contributed by atoms with van der Waals surface area (Å²) in [5.74, 6) is -0.0752. The van der Waals surface area contributed by atoms with E-state index >= 15 is 0 Å². The molecule has 0 saturated heterocycles. The molecule has 0 amide bonds. The van der Waals surface area contributed by atoms with Crippen molar-refractivity contribution < 1.29 is 14.0 Å². The van der Waals surface area contributed by atoms with Crippen molar-refractivity contribution in [2.24, 2.45) is 0 Å². The second kappa shape index (κ2) is 6.63. The van der Waals surface area contributed by atoms with Gasteiger partial charge in [-0.1, -0.05) is 26.0 Å². The SMILES string of the molecule is CC(C)(C[C@@H](CCC=O)c1ccc(F)cc1)[Si](C)(C)O. The Morgan fingerprint density at radius 3 is 2.30 bits per heavy atom. The van der Waals surface area contributed by atoms with Crippen molar-refractivity contribution in [1.82, 2.24) is 0 Å². The van der Waals surface area contributed by atoms with Gasteiger partial charge in [-0.05, 0) is 54.6 Å². The monoisotopic (exact) mass is 296 g/mol. The minimum Gasteiger partial charge on any atom is -0.432 e. The number of hydrogen-bond acceptors (Lipinski definition) is 2. The van der Waals surface area contributed by atoms with Gasteiger partial charge in [0.1, 0.15) is 12.1 Å². The van der Waals surface area contributed by atoms with Crippen molar-refractivity contribution in [2.75, 3.05) is 0 Å². The number of benzene rings is 1. The average molecular weight is 296 g/mol. The van der Waals surface area contributed by atoms with Crippen LogP contribution in [0.15, 0.2) is 24.3 Å². The Morgan fingerprint density at radius 1 is 1.30 bits per heavy atom.